The van der Waals surface area contributed by atoms with Gasteiger partial charge >= 0.3 is 0 Å². The van der Waals surface area contributed by atoms with E-state index in [1.807, 2.05) is 74.5 Å². The summed E-state index contributed by atoms with van der Waals surface area (Å²) in [5, 5.41) is 3.56. The summed E-state index contributed by atoms with van der Waals surface area (Å²) >= 11 is 7.73. The first-order valence-corrected chi connectivity index (χ1v) is 12.5. The van der Waals surface area contributed by atoms with Crippen molar-refractivity contribution in [2.45, 2.75) is 42.7 Å². The summed E-state index contributed by atoms with van der Waals surface area (Å²) in [4.78, 5) is 30.0. The Labute approximate surface area is 209 Å². The van der Waals surface area contributed by atoms with Crippen molar-refractivity contribution in [2.24, 2.45) is 0 Å². The molecule has 0 aliphatic carbocycles. The van der Waals surface area contributed by atoms with Crippen LogP contribution in [-0.4, -0.2) is 31.1 Å². The molecule has 0 saturated carbocycles. The van der Waals surface area contributed by atoms with Crippen molar-refractivity contribution in [3.8, 4) is 0 Å². The maximum absolute atomic E-state index is 13.6. The zero-order valence-electron chi connectivity index (χ0n) is 19.2. The number of carbonyl (C=O) groups excluding carboxylic acids is 2. The largest absolute Gasteiger partial charge is 0.379 e. The van der Waals surface area contributed by atoms with Crippen LogP contribution in [0, 0.1) is 0 Å². The van der Waals surface area contributed by atoms with Crippen LogP contribution in [0.15, 0.2) is 76.5 Å². The van der Waals surface area contributed by atoms with Crippen molar-refractivity contribution in [3.05, 3.63) is 88.4 Å². The lowest BCUT2D eigenvalue weighted by molar-refractivity contribution is 0.0757. The van der Waals surface area contributed by atoms with Crippen molar-refractivity contribution >= 4 is 40.9 Å². The number of rotatable bonds is 8. The van der Waals surface area contributed by atoms with Crippen molar-refractivity contribution in [3.63, 3.8) is 0 Å². The zero-order valence-corrected chi connectivity index (χ0v) is 20.8. The first-order chi connectivity index (χ1) is 16.4. The minimum Gasteiger partial charge on any atom is -0.379 e. The van der Waals surface area contributed by atoms with E-state index < -0.39 is 0 Å². The van der Waals surface area contributed by atoms with Gasteiger partial charge in [0.25, 0.3) is 11.8 Å². The summed E-state index contributed by atoms with van der Waals surface area (Å²) in [5.74, 6) is -0.278. The molecule has 0 aromatic heterocycles. The Morgan fingerprint density at radius 1 is 1.06 bits per heavy atom. The van der Waals surface area contributed by atoms with Crippen molar-refractivity contribution in [1.29, 1.82) is 0 Å². The first-order valence-electron chi connectivity index (χ1n) is 11.3. The number of hydrogen-bond donors (Lipinski definition) is 1. The molecule has 34 heavy (non-hydrogen) atoms. The molecule has 0 radical (unpaired) electrons. The van der Waals surface area contributed by atoms with Gasteiger partial charge in [0.2, 0.25) is 0 Å². The molecular formula is C27H27ClN2O3S. The van der Waals surface area contributed by atoms with Gasteiger partial charge in [0.05, 0.1) is 23.9 Å². The number of fused-ring (bicyclic) bond motifs is 2. The van der Waals surface area contributed by atoms with E-state index in [2.05, 4.69) is 5.32 Å². The highest BCUT2D eigenvalue weighted by molar-refractivity contribution is 7.99. The molecule has 3 aromatic carbocycles. The van der Waals surface area contributed by atoms with E-state index in [1.165, 1.54) is 11.8 Å². The van der Waals surface area contributed by atoms with Gasteiger partial charge in [0.15, 0.2) is 0 Å². The number of halogens is 1. The van der Waals surface area contributed by atoms with Gasteiger partial charge in [0, 0.05) is 33.5 Å². The normalized spacial score (nSPS) is 12.8. The minimum atomic E-state index is -0.172. The van der Waals surface area contributed by atoms with Crippen molar-refractivity contribution in [1.82, 2.24) is 5.32 Å². The maximum Gasteiger partial charge on any atom is 0.259 e. The average molecular weight is 495 g/mol. The van der Waals surface area contributed by atoms with Crippen LogP contribution < -0.4 is 10.2 Å². The zero-order chi connectivity index (χ0) is 24.1. The van der Waals surface area contributed by atoms with Gasteiger partial charge in [-0.25, -0.2) is 0 Å². The van der Waals surface area contributed by atoms with Crippen LogP contribution in [0.4, 0.5) is 5.69 Å². The molecule has 0 saturated heterocycles. The molecule has 176 valence electrons. The highest BCUT2D eigenvalue weighted by Crippen LogP contribution is 2.42. The number of carbonyl (C=O) groups is 2. The molecule has 1 heterocycles. The number of nitrogens with one attached hydrogen (secondary N) is 1. The van der Waals surface area contributed by atoms with Crippen LogP contribution in [-0.2, 0) is 11.3 Å². The quantitative estimate of drug-likeness (QED) is 0.379. The first kappa shape index (κ1) is 24.3. The lowest BCUT2D eigenvalue weighted by atomic mass is 10.1. The molecule has 7 heteroatoms. The van der Waals surface area contributed by atoms with E-state index in [-0.39, 0.29) is 17.9 Å². The standard InChI is InChI=1S/C27H27ClN2O3S/c1-18(2)33-14-6-13-29-26(31)20-11-12-25-23(16-20)30(17-19-7-5-8-21(28)15-19)27(32)22-9-3-4-10-24(22)34-25/h3-5,7-12,15-16,18H,6,13-14,17H2,1-2H3,(H,29,31). The molecule has 0 atom stereocenters. The summed E-state index contributed by atoms with van der Waals surface area (Å²) in [6, 6.07) is 20.6. The fourth-order valence-corrected chi connectivity index (χ4v) is 5.00. The van der Waals surface area contributed by atoms with Gasteiger partial charge in [0.1, 0.15) is 0 Å². The van der Waals surface area contributed by atoms with Gasteiger partial charge in [-0.05, 0) is 68.3 Å². The molecule has 1 aliphatic rings. The number of hydrogen-bond acceptors (Lipinski definition) is 4. The number of amides is 2. The molecule has 4 rings (SSSR count). The fourth-order valence-electron chi connectivity index (χ4n) is 3.73. The molecule has 0 bridgehead atoms. The van der Waals surface area contributed by atoms with Gasteiger partial charge in [-0.2, -0.15) is 0 Å². The molecule has 2 amide bonds. The highest BCUT2D eigenvalue weighted by Gasteiger charge is 2.28. The molecule has 0 spiro atoms. The minimum absolute atomic E-state index is 0.106. The van der Waals surface area contributed by atoms with Gasteiger partial charge < -0.3 is 15.0 Å². The SMILES string of the molecule is CC(C)OCCCNC(=O)c1ccc2c(c1)N(Cc1cccc(Cl)c1)C(=O)c1ccccc1S2. The summed E-state index contributed by atoms with van der Waals surface area (Å²) in [5.41, 5.74) is 2.78. The average Bonchev–Trinajstić information content (AvgIpc) is 2.93. The fraction of sp³-hybridized carbons (Fsp3) is 0.259. The third-order valence-electron chi connectivity index (χ3n) is 5.38. The van der Waals surface area contributed by atoms with E-state index in [1.54, 1.807) is 11.0 Å². The Bertz CT molecular complexity index is 1200. The Morgan fingerprint density at radius 2 is 1.88 bits per heavy atom. The van der Waals surface area contributed by atoms with E-state index in [0.29, 0.717) is 41.5 Å². The second kappa shape index (κ2) is 11.1. The van der Waals surface area contributed by atoms with E-state index >= 15 is 0 Å². The Morgan fingerprint density at radius 3 is 2.68 bits per heavy atom. The van der Waals surface area contributed by atoms with Crippen LogP contribution in [0.25, 0.3) is 0 Å². The molecule has 3 aromatic rings. The van der Waals surface area contributed by atoms with Crippen LogP contribution in [0.3, 0.4) is 0 Å². The smallest absolute Gasteiger partial charge is 0.259 e. The number of ether oxygens (including phenoxy) is 1. The number of nitrogens with zero attached hydrogens (tertiary/aromatic N) is 1. The predicted octanol–water partition coefficient (Wildman–Crippen LogP) is 6.20. The molecule has 5 nitrogen and oxygen atoms in total. The summed E-state index contributed by atoms with van der Waals surface area (Å²) in [6.07, 6.45) is 0.907. The van der Waals surface area contributed by atoms with Crippen LogP contribution in [0.5, 0.6) is 0 Å². The predicted molar refractivity (Wildman–Crippen MR) is 137 cm³/mol. The Hall–Kier alpha value is -2.80. The summed E-state index contributed by atoms with van der Waals surface area (Å²) in [6.45, 7) is 5.44. The topological polar surface area (TPSA) is 58.6 Å². The number of anilines is 1. The number of benzene rings is 3. The molecular weight excluding hydrogens is 468 g/mol. The second-order valence-electron chi connectivity index (χ2n) is 8.33. The van der Waals surface area contributed by atoms with E-state index in [0.717, 1.165) is 21.8 Å². The highest BCUT2D eigenvalue weighted by atomic mass is 35.5. The Kier molecular flexibility index (Phi) is 7.93. The van der Waals surface area contributed by atoms with Crippen LogP contribution >= 0.6 is 23.4 Å². The Balaban J connectivity index is 1.62. The monoisotopic (exact) mass is 494 g/mol. The van der Waals surface area contributed by atoms with Crippen molar-refractivity contribution in [2.75, 3.05) is 18.1 Å². The lowest BCUT2D eigenvalue weighted by Crippen LogP contribution is -2.31. The molecule has 0 unspecified atom stereocenters. The third kappa shape index (κ3) is 5.81. The van der Waals surface area contributed by atoms with Crippen molar-refractivity contribution < 1.29 is 14.3 Å². The molecule has 0 fully saturated rings. The maximum atomic E-state index is 13.6. The molecule has 1 aliphatic heterocycles. The summed E-state index contributed by atoms with van der Waals surface area (Å²) in [7, 11) is 0. The second-order valence-corrected chi connectivity index (χ2v) is 9.85. The third-order valence-corrected chi connectivity index (χ3v) is 6.76. The van der Waals surface area contributed by atoms with Gasteiger partial charge in [-0.1, -0.05) is 47.6 Å². The van der Waals surface area contributed by atoms with E-state index in [4.69, 9.17) is 16.3 Å². The van der Waals surface area contributed by atoms with Crippen LogP contribution in [0.2, 0.25) is 5.02 Å². The lowest BCUT2D eigenvalue weighted by Gasteiger charge is -2.24. The summed E-state index contributed by atoms with van der Waals surface area (Å²) < 4.78 is 5.53. The van der Waals surface area contributed by atoms with E-state index in [9.17, 15) is 9.59 Å². The molecule has 1 N–H and O–H groups in total. The van der Waals surface area contributed by atoms with Gasteiger partial charge in [-0.15, -0.1) is 0 Å². The van der Waals surface area contributed by atoms with Crippen LogP contribution in [0.1, 0.15) is 46.5 Å². The van der Waals surface area contributed by atoms with Gasteiger partial charge in [-0.3, -0.25) is 9.59 Å².